The van der Waals surface area contributed by atoms with Gasteiger partial charge in [0.25, 0.3) is 15.9 Å². The number of nitrogens with zero attached hydrogens (tertiary/aromatic N) is 1. The highest BCUT2D eigenvalue weighted by molar-refractivity contribution is 7.92. The number of carbonyl (C=O) groups excluding carboxylic acids is 1. The third-order valence-electron chi connectivity index (χ3n) is 4.64. The molecule has 0 spiro atoms. The van der Waals surface area contributed by atoms with Gasteiger partial charge in [0.05, 0.1) is 32.9 Å². The first-order valence-corrected chi connectivity index (χ1v) is 11.6. The number of ether oxygens (including phenoxy) is 1. The molecule has 31 heavy (non-hydrogen) atoms. The van der Waals surface area contributed by atoms with Gasteiger partial charge in [0.15, 0.2) is 6.10 Å². The third kappa shape index (κ3) is 4.32. The van der Waals surface area contributed by atoms with E-state index >= 15 is 0 Å². The summed E-state index contributed by atoms with van der Waals surface area (Å²) < 4.78 is 33.6. The van der Waals surface area contributed by atoms with Crippen LogP contribution in [-0.4, -0.2) is 27.0 Å². The molecule has 1 aliphatic heterocycles. The molecule has 10 heteroatoms. The minimum atomic E-state index is -3.98. The molecule has 0 saturated carbocycles. The number of para-hydroxylation sites is 2. The van der Waals surface area contributed by atoms with E-state index in [2.05, 4.69) is 5.32 Å². The highest BCUT2D eigenvalue weighted by Gasteiger charge is 2.37. The van der Waals surface area contributed by atoms with Crippen molar-refractivity contribution < 1.29 is 17.9 Å². The number of sulfonamides is 1. The first-order chi connectivity index (χ1) is 14.8. The van der Waals surface area contributed by atoms with E-state index in [1.165, 1.54) is 24.3 Å². The maximum absolute atomic E-state index is 13.3. The van der Waals surface area contributed by atoms with E-state index in [1.807, 2.05) is 0 Å². The fourth-order valence-electron chi connectivity index (χ4n) is 3.11. The highest BCUT2D eigenvalue weighted by atomic mass is 35.5. The molecule has 0 fully saturated rings. The summed E-state index contributed by atoms with van der Waals surface area (Å²) in [4.78, 5) is 13.0. The van der Waals surface area contributed by atoms with Crippen LogP contribution in [0.5, 0.6) is 5.75 Å². The van der Waals surface area contributed by atoms with Crippen LogP contribution in [0.15, 0.2) is 71.6 Å². The first kappa shape index (κ1) is 21.8. The van der Waals surface area contributed by atoms with Crippen LogP contribution in [0.2, 0.25) is 15.1 Å². The molecule has 4 rings (SSSR count). The monoisotopic (exact) mass is 496 g/mol. The Labute approximate surface area is 194 Å². The lowest BCUT2D eigenvalue weighted by Gasteiger charge is -2.34. The number of hydrogen-bond acceptors (Lipinski definition) is 4. The van der Waals surface area contributed by atoms with Gasteiger partial charge in [0, 0.05) is 5.02 Å². The van der Waals surface area contributed by atoms with E-state index in [0.29, 0.717) is 16.4 Å². The molecule has 0 aromatic heterocycles. The fourth-order valence-corrected chi connectivity index (χ4v) is 5.06. The van der Waals surface area contributed by atoms with Crippen LogP contribution < -0.4 is 14.4 Å². The van der Waals surface area contributed by atoms with E-state index in [9.17, 15) is 13.2 Å². The number of benzene rings is 3. The number of anilines is 2. The van der Waals surface area contributed by atoms with Gasteiger partial charge >= 0.3 is 0 Å². The zero-order valence-corrected chi connectivity index (χ0v) is 18.8. The average molecular weight is 498 g/mol. The number of hydrogen-bond donors (Lipinski definition) is 1. The van der Waals surface area contributed by atoms with Crippen LogP contribution in [-0.2, 0) is 14.8 Å². The predicted molar refractivity (Wildman–Crippen MR) is 122 cm³/mol. The molecule has 1 aliphatic rings. The van der Waals surface area contributed by atoms with Gasteiger partial charge < -0.3 is 10.1 Å². The van der Waals surface area contributed by atoms with Crippen molar-refractivity contribution >= 4 is 62.1 Å². The van der Waals surface area contributed by atoms with Gasteiger partial charge in [0.1, 0.15) is 5.75 Å². The van der Waals surface area contributed by atoms with Gasteiger partial charge in [-0.3, -0.25) is 9.10 Å². The summed E-state index contributed by atoms with van der Waals surface area (Å²) in [5.74, 6) is -0.293. The zero-order valence-electron chi connectivity index (χ0n) is 15.8. The lowest BCUT2D eigenvalue weighted by Crippen LogP contribution is -2.48. The summed E-state index contributed by atoms with van der Waals surface area (Å²) >= 11 is 18.0. The third-order valence-corrected chi connectivity index (χ3v) is 7.50. The fraction of sp³-hybridized carbons (Fsp3) is 0.0952. The van der Waals surface area contributed by atoms with Crippen molar-refractivity contribution in [3.05, 3.63) is 81.8 Å². The van der Waals surface area contributed by atoms with Crippen molar-refractivity contribution in [2.45, 2.75) is 11.0 Å². The predicted octanol–water partition coefficient (Wildman–Crippen LogP) is 5.24. The summed E-state index contributed by atoms with van der Waals surface area (Å²) in [5, 5.41) is 3.52. The SMILES string of the molecule is O=C(Nc1cccc(Cl)c1Cl)C1CN(S(=O)(=O)c2ccc(Cl)cc2)c2ccccc2O1. The first-order valence-electron chi connectivity index (χ1n) is 9.06. The average Bonchev–Trinajstić information content (AvgIpc) is 2.76. The molecular weight excluding hydrogens is 483 g/mol. The van der Waals surface area contributed by atoms with Gasteiger partial charge in [-0.15, -0.1) is 0 Å². The molecule has 3 aromatic rings. The van der Waals surface area contributed by atoms with Gasteiger partial charge in [-0.05, 0) is 48.5 Å². The summed E-state index contributed by atoms with van der Waals surface area (Å²) in [6, 6.07) is 17.2. The molecule has 1 atom stereocenters. The van der Waals surface area contributed by atoms with Gasteiger partial charge in [-0.25, -0.2) is 8.42 Å². The van der Waals surface area contributed by atoms with Crippen molar-refractivity contribution in [3.63, 3.8) is 0 Å². The van der Waals surface area contributed by atoms with Crippen LogP contribution >= 0.6 is 34.8 Å². The summed E-state index contributed by atoms with van der Waals surface area (Å²) in [6.07, 6.45) is -1.12. The van der Waals surface area contributed by atoms with Gasteiger partial charge in [-0.1, -0.05) is 53.0 Å². The lowest BCUT2D eigenvalue weighted by molar-refractivity contribution is -0.122. The molecule has 0 aliphatic carbocycles. The molecule has 6 nitrogen and oxygen atoms in total. The maximum Gasteiger partial charge on any atom is 0.267 e. The number of fused-ring (bicyclic) bond motifs is 1. The molecule has 1 N–H and O–H groups in total. The number of amides is 1. The quantitative estimate of drug-likeness (QED) is 0.535. The van der Waals surface area contributed by atoms with E-state index in [1.54, 1.807) is 42.5 Å². The Morgan fingerprint density at radius 3 is 2.42 bits per heavy atom. The Hall–Kier alpha value is -2.45. The molecule has 3 aromatic carbocycles. The Balaban J connectivity index is 1.68. The van der Waals surface area contributed by atoms with Gasteiger partial charge in [0.2, 0.25) is 0 Å². The van der Waals surface area contributed by atoms with Crippen LogP contribution in [0.25, 0.3) is 0 Å². The Morgan fingerprint density at radius 2 is 1.68 bits per heavy atom. The van der Waals surface area contributed by atoms with E-state index in [-0.39, 0.29) is 27.2 Å². The number of nitrogens with one attached hydrogen (secondary N) is 1. The normalized spacial score (nSPS) is 15.7. The Morgan fingerprint density at radius 1 is 0.968 bits per heavy atom. The standard InChI is InChI=1S/C21H15Cl3N2O4S/c22-13-8-10-14(11-9-13)31(28,29)26-12-19(30-18-7-2-1-6-17(18)26)21(27)25-16-5-3-4-15(23)20(16)24/h1-11,19H,12H2,(H,25,27). The van der Waals surface area contributed by atoms with Crippen molar-refractivity contribution in [2.75, 3.05) is 16.2 Å². The largest absolute Gasteiger partial charge is 0.476 e. The number of rotatable bonds is 4. The molecule has 160 valence electrons. The van der Waals surface area contributed by atoms with E-state index in [4.69, 9.17) is 39.5 Å². The van der Waals surface area contributed by atoms with Crippen LogP contribution in [0.4, 0.5) is 11.4 Å². The smallest absolute Gasteiger partial charge is 0.267 e. The van der Waals surface area contributed by atoms with Crippen molar-refractivity contribution in [3.8, 4) is 5.75 Å². The second-order valence-electron chi connectivity index (χ2n) is 6.65. The highest BCUT2D eigenvalue weighted by Crippen LogP contribution is 2.37. The summed E-state index contributed by atoms with van der Waals surface area (Å²) in [5.41, 5.74) is 0.635. The van der Waals surface area contributed by atoms with Crippen LogP contribution in [0, 0.1) is 0 Å². The van der Waals surface area contributed by atoms with Crippen LogP contribution in [0.3, 0.4) is 0 Å². The Kier molecular flexibility index (Phi) is 6.03. The second-order valence-corrected chi connectivity index (χ2v) is 9.74. The topological polar surface area (TPSA) is 75.7 Å². The van der Waals surface area contributed by atoms with Crippen molar-refractivity contribution in [2.24, 2.45) is 0 Å². The zero-order chi connectivity index (χ0) is 22.2. The van der Waals surface area contributed by atoms with Gasteiger partial charge in [-0.2, -0.15) is 0 Å². The molecule has 1 unspecified atom stereocenters. The summed E-state index contributed by atoms with van der Waals surface area (Å²) in [7, 11) is -3.98. The van der Waals surface area contributed by atoms with E-state index < -0.39 is 22.0 Å². The van der Waals surface area contributed by atoms with Crippen molar-refractivity contribution in [1.82, 2.24) is 0 Å². The van der Waals surface area contributed by atoms with E-state index in [0.717, 1.165) is 4.31 Å². The minimum absolute atomic E-state index is 0.0469. The molecule has 1 heterocycles. The van der Waals surface area contributed by atoms with Crippen LogP contribution in [0.1, 0.15) is 0 Å². The molecule has 0 bridgehead atoms. The molecular formula is C21H15Cl3N2O4S. The number of carbonyl (C=O) groups is 1. The molecule has 0 radical (unpaired) electrons. The number of halogens is 3. The summed E-state index contributed by atoms with van der Waals surface area (Å²) in [6.45, 7) is -0.230. The Bertz CT molecular complexity index is 1250. The second kappa shape index (κ2) is 8.59. The minimum Gasteiger partial charge on any atom is -0.476 e. The maximum atomic E-state index is 13.3. The molecule has 1 amide bonds. The van der Waals surface area contributed by atoms with Crippen molar-refractivity contribution in [1.29, 1.82) is 0 Å². The molecule has 0 saturated heterocycles. The lowest BCUT2D eigenvalue weighted by atomic mass is 10.2.